The van der Waals surface area contributed by atoms with Crippen LogP contribution in [0.15, 0.2) is 29.2 Å². The highest BCUT2D eigenvalue weighted by Crippen LogP contribution is 2.27. The summed E-state index contributed by atoms with van der Waals surface area (Å²) in [5, 5.41) is 17.9. The van der Waals surface area contributed by atoms with Gasteiger partial charge in [-0.3, -0.25) is 0 Å². The second kappa shape index (κ2) is 4.77. The third-order valence-corrected chi connectivity index (χ3v) is 4.91. The predicted octanol–water partition coefficient (Wildman–Crippen LogP) is 1.23. The van der Waals surface area contributed by atoms with Gasteiger partial charge in [-0.2, -0.15) is 14.8 Å². The maximum absolute atomic E-state index is 12.4. The van der Waals surface area contributed by atoms with Crippen LogP contribution < -0.4 is 0 Å². The van der Waals surface area contributed by atoms with E-state index in [-0.39, 0.29) is 10.5 Å². The first-order valence-electron chi connectivity index (χ1n) is 5.52. The molecule has 0 amide bonds. The highest BCUT2D eigenvalue weighted by molar-refractivity contribution is 7.89. The van der Waals surface area contributed by atoms with Crippen LogP contribution in [-0.4, -0.2) is 25.3 Å². The van der Waals surface area contributed by atoms with Crippen molar-refractivity contribution in [1.29, 1.82) is 10.5 Å². The molecular weight excluding hydrogens is 250 g/mol. The highest BCUT2D eigenvalue weighted by Gasteiger charge is 2.36. The summed E-state index contributed by atoms with van der Waals surface area (Å²) in [6.45, 7) is 0.334. The highest BCUT2D eigenvalue weighted by atomic mass is 32.2. The molecule has 1 aliphatic rings. The van der Waals surface area contributed by atoms with E-state index in [4.69, 9.17) is 10.5 Å². The zero-order valence-electron chi connectivity index (χ0n) is 9.57. The normalized spacial score (nSPS) is 20.2. The first-order valence-corrected chi connectivity index (χ1v) is 6.96. The molecule has 92 valence electrons. The van der Waals surface area contributed by atoms with E-state index in [9.17, 15) is 8.42 Å². The molecule has 0 N–H and O–H groups in total. The Labute approximate surface area is 106 Å². The molecule has 1 atom stereocenters. The predicted molar refractivity (Wildman–Crippen MR) is 63.7 cm³/mol. The van der Waals surface area contributed by atoms with Gasteiger partial charge in [0.05, 0.1) is 16.5 Å². The minimum Gasteiger partial charge on any atom is -0.207 e. The number of hydrogen-bond acceptors (Lipinski definition) is 4. The molecule has 1 saturated heterocycles. The Hall–Kier alpha value is -1.89. The van der Waals surface area contributed by atoms with Crippen molar-refractivity contribution in [2.24, 2.45) is 0 Å². The Balaban J connectivity index is 2.50. The number of nitrogens with zero attached hydrogens (tertiary/aromatic N) is 3. The van der Waals surface area contributed by atoms with Gasteiger partial charge in [0.2, 0.25) is 10.0 Å². The van der Waals surface area contributed by atoms with Gasteiger partial charge in [0, 0.05) is 6.54 Å². The summed E-state index contributed by atoms with van der Waals surface area (Å²) in [6, 6.07) is 9.29. The van der Waals surface area contributed by atoms with Crippen LogP contribution in [0.5, 0.6) is 0 Å². The molecule has 2 rings (SSSR count). The molecule has 18 heavy (non-hydrogen) atoms. The number of benzene rings is 1. The van der Waals surface area contributed by atoms with Gasteiger partial charge in [0.15, 0.2) is 0 Å². The standard InChI is InChI=1S/C12H11N3O2S/c13-8-10-4-1-2-6-12(10)18(16,17)15-7-3-5-11(15)9-14/h1-2,4,6,11H,3,5,7H2. The van der Waals surface area contributed by atoms with Crippen LogP contribution in [0.4, 0.5) is 0 Å². The molecule has 0 spiro atoms. The molecule has 1 aromatic rings. The van der Waals surface area contributed by atoms with Gasteiger partial charge in [0.25, 0.3) is 0 Å². The molecule has 0 aromatic heterocycles. The van der Waals surface area contributed by atoms with Crippen LogP contribution in [0.3, 0.4) is 0 Å². The first-order chi connectivity index (χ1) is 8.61. The fourth-order valence-electron chi connectivity index (χ4n) is 2.07. The van der Waals surface area contributed by atoms with Crippen molar-refractivity contribution in [3.8, 4) is 12.1 Å². The molecule has 0 radical (unpaired) electrons. The molecule has 5 nitrogen and oxygen atoms in total. The Morgan fingerprint density at radius 2 is 2.00 bits per heavy atom. The first kappa shape index (κ1) is 12.6. The van der Waals surface area contributed by atoms with E-state index in [0.717, 1.165) is 0 Å². The second-order valence-electron chi connectivity index (χ2n) is 4.01. The van der Waals surface area contributed by atoms with Crippen LogP contribution in [0.25, 0.3) is 0 Å². The molecule has 1 heterocycles. The van der Waals surface area contributed by atoms with Crippen LogP contribution in [0.1, 0.15) is 18.4 Å². The summed E-state index contributed by atoms with van der Waals surface area (Å²) in [7, 11) is -3.75. The van der Waals surface area contributed by atoms with Crippen molar-refractivity contribution in [3.05, 3.63) is 29.8 Å². The topological polar surface area (TPSA) is 85.0 Å². The van der Waals surface area contributed by atoms with Crippen molar-refractivity contribution < 1.29 is 8.42 Å². The Morgan fingerprint density at radius 3 is 2.67 bits per heavy atom. The molecule has 1 aliphatic heterocycles. The molecule has 6 heteroatoms. The van der Waals surface area contributed by atoms with Crippen LogP contribution >= 0.6 is 0 Å². The van der Waals surface area contributed by atoms with Gasteiger partial charge in [-0.25, -0.2) is 8.42 Å². The minimum atomic E-state index is -3.75. The summed E-state index contributed by atoms with van der Waals surface area (Å²) < 4.78 is 26.0. The van der Waals surface area contributed by atoms with E-state index in [1.165, 1.54) is 16.4 Å². The lowest BCUT2D eigenvalue weighted by Crippen LogP contribution is -2.35. The molecule has 1 aromatic carbocycles. The lowest BCUT2D eigenvalue weighted by atomic mass is 10.2. The van der Waals surface area contributed by atoms with E-state index in [1.807, 2.05) is 12.1 Å². The summed E-state index contributed by atoms with van der Waals surface area (Å²) in [5.74, 6) is 0. The van der Waals surface area contributed by atoms with E-state index in [0.29, 0.717) is 19.4 Å². The van der Waals surface area contributed by atoms with Crippen LogP contribution in [0, 0.1) is 22.7 Å². The van der Waals surface area contributed by atoms with Crippen molar-refractivity contribution in [2.45, 2.75) is 23.8 Å². The second-order valence-corrected chi connectivity index (χ2v) is 5.87. The van der Waals surface area contributed by atoms with Gasteiger partial charge in [-0.15, -0.1) is 0 Å². The largest absolute Gasteiger partial charge is 0.245 e. The summed E-state index contributed by atoms with van der Waals surface area (Å²) in [5.41, 5.74) is 0.112. The Bertz CT molecular complexity index is 640. The lowest BCUT2D eigenvalue weighted by molar-refractivity contribution is 0.437. The summed E-state index contributed by atoms with van der Waals surface area (Å²) in [4.78, 5) is -0.0188. The van der Waals surface area contributed by atoms with Crippen LogP contribution in [0.2, 0.25) is 0 Å². The quantitative estimate of drug-likeness (QED) is 0.801. The number of sulfonamides is 1. The smallest absolute Gasteiger partial charge is 0.207 e. The fraction of sp³-hybridized carbons (Fsp3) is 0.333. The fourth-order valence-corrected chi connectivity index (χ4v) is 3.82. The molecule has 1 fully saturated rings. The number of hydrogen-bond donors (Lipinski definition) is 0. The monoisotopic (exact) mass is 261 g/mol. The average molecular weight is 261 g/mol. The van der Waals surface area contributed by atoms with Crippen molar-refractivity contribution in [3.63, 3.8) is 0 Å². The zero-order chi connectivity index (χ0) is 13.2. The minimum absolute atomic E-state index is 0.0188. The molecular formula is C12H11N3O2S. The summed E-state index contributed by atoms with van der Waals surface area (Å²) >= 11 is 0. The van der Waals surface area contributed by atoms with Gasteiger partial charge < -0.3 is 0 Å². The number of nitriles is 2. The van der Waals surface area contributed by atoms with Gasteiger partial charge in [-0.1, -0.05) is 12.1 Å². The van der Waals surface area contributed by atoms with E-state index in [2.05, 4.69) is 0 Å². The van der Waals surface area contributed by atoms with Gasteiger partial charge in [0.1, 0.15) is 12.1 Å². The van der Waals surface area contributed by atoms with Crippen molar-refractivity contribution >= 4 is 10.0 Å². The van der Waals surface area contributed by atoms with Crippen molar-refractivity contribution in [2.75, 3.05) is 6.54 Å². The van der Waals surface area contributed by atoms with Gasteiger partial charge >= 0.3 is 0 Å². The maximum atomic E-state index is 12.4. The third kappa shape index (κ3) is 1.97. The van der Waals surface area contributed by atoms with Crippen molar-refractivity contribution in [1.82, 2.24) is 4.31 Å². The summed E-state index contributed by atoms with van der Waals surface area (Å²) in [6.07, 6.45) is 1.22. The molecule has 0 bridgehead atoms. The Kier molecular flexibility index (Phi) is 3.33. The van der Waals surface area contributed by atoms with Crippen LogP contribution in [-0.2, 0) is 10.0 Å². The van der Waals surface area contributed by atoms with E-state index >= 15 is 0 Å². The SMILES string of the molecule is N#Cc1ccccc1S(=O)(=O)N1CCCC1C#N. The molecule has 1 unspecified atom stereocenters. The van der Waals surface area contributed by atoms with Gasteiger partial charge in [-0.05, 0) is 25.0 Å². The third-order valence-electron chi connectivity index (χ3n) is 2.95. The zero-order valence-corrected chi connectivity index (χ0v) is 10.4. The molecule has 0 aliphatic carbocycles. The Morgan fingerprint density at radius 1 is 1.28 bits per heavy atom. The lowest BCUT2D eigenvalue weighted by Gasteiger charge is -2.19. The number of rotatable bonds is 2. The van der Waals surface area contributed by atoms with E-state index in [1.54, 1.807) is 12.1 Å². The maximum Gasteiger partial charge on any atom is 0.245 e. The molecule has 0 saturated carbocycles. The average Bonchev–Trinajstić information content (AvgIpc) is 2.87. The van der Waals surface area contributed by atoms with E-state index < -0.39 is 16.1 Å².